The van der Waals surface area contributed by atoms with Gasteiger partial charge >= 0.3 is 0 Å². The van der Waals surface area contributed by atoms with Crippen LogP contribution in [0, 0.1) is 5.92 Å². The van der Waals surface area contributed by atoms with E-state index in [4.69, 9.17) is 0 Å². The summed E-state index contributed by atoms with van der Waals surface area (Å²) in [6, 6.07) is 3.67. The van der Waals surface area contributed by atoms with Crippen LogP contribution < -0.4 is 5.32 Å². The maximum Gasteiger partial charge on any atom is 0.261 e. The lowest BCUT2D eigenvalue weighted by Crippen LogP contribution is -2.42. The molecular formula is C14H20N2O3S2. The normalized spacial score (nSPS) is 21.3. The molecule has 1 saturated carbocycles. The van der Waals surface area contributed by atoms with Gasteiger partial charge in [0.05, 0.1) is 10.1 Å². The molecular weight excluding hydrogens is 308 g/mol. The van der Waals surface area contributed by atoms with E-state index < -0.39 is 10.0 Å². The smallest absolute Gasteiger partial charge is 0.261 e. The second-order valence-corrected chi connectivity index (χ2v) is 8.93. The molecule has 0 spiro atoms. The highest BCUT2D eigenvalue weighted by Crippen LogP contribution is 2.33. The van der Waals surface area contributed by atoms with Crippen LogP contribution in [0.1, 0.15) is 35.4 Å². The Kier molecular flexibility index (Phi) is 4.33. The second-order valence-electron chi connectivity index (χ2n) is 5.77. The van der Waals surface area contributed by atoms with Crippen LogP contribution >= 0.6 is 11.3 Å². The number of piperidine rings is 1. The molecule has 1 saturated heterocycles. The van der Waals surface area contributed by atoms with Crippen LogP contribution in [0.4, 0.5) is 0 Å². The largest absolute Gasteiger partial charge is 0.351 e. The predicted octanol–water partition coefficient (Wildman–Crippen LogP) is 1.68. The Morgan fingerprint density at radius 3 is 2.57 bits per heavy atom. The van der Waals surface area contributed by atoms with E-state index in [1.54, 1.807) is 4.31 Å². The van der Waals surface area contributed by atoms with Crippen LogP contribution in [-0.4, -0.2) is 43.5 Å². The second kappa shape index (κ2) is 6.06. The molecule has 2 aliphatic rings. The van der Waals surface area contributed by atoms with Gasteiger partial charge in [-0.15, -0.1) is 11.3 Å². The van der Waals surface area contributed by atoms with Gasteiger partial charge in [0, 0.05) is 19.6 Å². The Morgan fingerprint density at radius 2 is 2.00 bits per heavy atom. The summed E-state index contributed by atoms with van der Waals surface area (Å²) in [4.78, 5) is 12.6. The molecule has 2 heterocycles. The van der Waals surface area contributed by atoms with Crippen molar-refractivity contribution < 1.29 is 13.2 Å². The van der Waals surface area contributed by atoms with E-state index in [-0.39, 0.29) is 11.2 Å². The van der Waals surface area contributed by atoms with E-state index in [0.29, 0.717) is 25.6 Å². The molecule has 1 aromatic heterocycles. The summed E-state index contributed by atoms with van der Waals surface area (Å²) >= 11 is 1.43. The number of amides is 1. The third-order valence-corrected chi connectivity index (χ3v) is 7.44. The van der Waals surface area contributed by atoms with Gasteiger partial charge in [-0.25, -0.2) is 12.7 Å². The number of carbonyl (C=O) groups excluding carboxylic acids is 1. The fourth-order valence-electron chi connectivity index (χ4n) is 2.68. The third-order valence-electron chi connectivity index (χ3n) is 4.18. The SMILES string of the molecule is O=C(NCC1CCN(S(=O)(=O)C2CC2)CC1)c1cccs1. The first-order valence-electron chi connectivity index (χ1n) is 7.38. The summed E-state index contributed by atoms with van der Waals surface area (Å²) in [5.74, 6) is 0.345. The van der Waals surface area contributed by atoms with E-state index in [1.165, 1.54) is 11.3 Å². The van der Waals surface area contributed by atoms with Crippen molar-refractivity contribution in [2.75, 3.05) is 19.6 Å². The van der Waals surface area contributed by atoms with E-state index in [2.05, 4.69) is 5.32 Å². The lowest BCUT2D eigenvalue weighted by molar-refractivity contribution is 0.0945. The number of rotatable bonds is 5. The van der Waals surface area contributed by atoms with Gasteiger partial charge in [0.2, 0.25) is 10.0 Å². The van der Waals surface area contributed by atoms with E-state index in [9.17, 15) is 13.2 Å². The summed E-state index contributed by atoms with van der Waals surface area (Å²) in [6.45, 7) is 1.82. The van der Waals surface area contributed by atoms with Crippen LogP contribution in [0.25, 0.3) is 0 Å². The van der Waals surface area contributed by atoms with Gasteiger partial charge in [0.1, 0.15) is 0 Å². The van der Waals surface area contributed by atoms with Gasteiger partial charge in [0.25, 0.3) is 5.91 Å². The summed E-state index contributed by atoms with van der Waals surface area (Å²) in [5, 5.41) is 4.71. The highest BCUT2D eigenvalue weighted by atomic mass is 32.2. The van der Waals surface area contributed by atoms with Crippen molar-refractivity contribution in [3.8, 4) is 0 Å². The van der Waals surface area contributed by atoms with Crippen molar-refractivity contribution in [3.05, 3.63) is 22.4 Å². The molecule has 7 heteroatoms. The molecule has 116 valence electrons. The Morgan fingerprint density at radius 1 is 1.29 bits per heavy atom. The van der Waals surface area contributed by atoms with Gasteiger partial charge in [-0.05, 0) is 43.0 Å². The van der Waals surface area contributed by atoms with Gasteiger partial charge in [-0.2, -0.15) is 0 Å². The summed E-state index contributed by atoms with van der Waals surface area (Å²) < 4.78 is 25.9. The molecule has 21 heavy (non-hydrogen) atoms. The molecule has 0 atom stereocenters. The maximum atomic E-state index is 12.1. The Balaban J connectivity index is 1.45. The quantitative estimate of drug-likeness (QED) is 0.894. The number of thiophene rings is 1. The molecule has 3 rings (SSSR count). The lowest BCUT2D eigenvalue weighted by atomic mass is 9.98. The maximum absolute atomic E-state index is 12.1. The summed E-state index contributed by atoms with van der Waals surface area (Å²) in [7, 11) is -3.03. The minimum atomic E-state index is -3.03. The van der Waals surface area contributed by atoms with Gasteiger partial charge in [0.15, 0.2) is 0 Å². The topological polar surface area (TPSA) is 66.5 Å². The molecule has 1 aromatic rings. The fourth-order valence-corrected chi connectivity index (χ4v) is 5.19. The van der Waals surface area contributed by atoms with Crippen molar-refractivity contribution in [1.82, 2.24) is 9.62 Å². The molecule has 5 nitrogen and oxygen atoms in total. The zero-order chi connectivity index (χ0) is 14.9. The van der Waals surface area contributed by atoms with E-state index in [0.717, 1.165) is 30.6 Å². The minimum Gasteiger partial charge on any atom is -0.351 e. The van der Waals surface area contributed by atoms with Crippen LogP contribution in [0.2, 0.25) is 0 Å². The van der Waals surface area contributed by atoms with Crippen LogP contribution in [0.5, 0.6) is 0 Å². The molecule has 1 aliphatic heterocycles. The number of hydrogen-bond acceptors (Lipinski definition) is 4. The van der Waals surface area contributed by atoms with Gasteiger partial charge < -0.3 is 5.32 Å². The Labute approximate surface area is 129 Å². The summed E-state index contributed by atoms with van der Waals surface area (Å²) in [6.07, 6.45) is 3.30. The first kappa shape index (κ1) is 15.0. The van der Waals surface area contributed by atoms with Gasteiger partial charge in [-0.3, -0.25) is 4.79 Å². The molecule has 2 fully saturated rings. The first-order valence-corrected chi connectivity index (χ1v) is 9.76. The molecule has 1 N–H and O–H groups in total. The highest BCUT2D eigenvalue weighted by Gasteiger charge is 2.41. The van der Waals surface area contributed by atoms with Gasteiger partial charge in [-0.1, -0.05) is 6.07 Å². The zero-order valence-electron chi connectivity index (χ0n) is 11.8. The van der Waals surface area contributed by atoms with E-state index in [1.807, 2.05) is 17.5 Å². The average molecular weight is 328 g/mol. The van der Waals surface area contributed by atoms with Crippen molar-refractivity contribution in [3.63, 3.8) is 0 Å². The highest BCUT2D eigenvalue weighted by molar-refractivity contribution is 7.90. The number of carbonyl (C=O) groups is 1. The monoisotopic (exact) mass is 328 g/mol. The van der Waals surface area contributed by atoms with Crippen LogP contribution in [0.3, 0.4) is 0 Å². The minimum absolute atomic E-state index is 0.0296. The van der Waals surface area contributed by atoms with Crippen LogP contribution in [-0.2, 0) is 10.0 Å². The molecule has 1 aliphatic carbocycles. The lowest BCUT2D eigenvalue weighted by Gasteiger charge is -2.31. The molecule has 0 radical (unpaired) electrons. The van der Waals surface area contributed by atoms with E-state index >= 15 is 0 Å². The van der Waals surface area contributed by atoms with Crippen molar-refractivity contribution in [2.24, 2.45) is 5.92 Å². The Bertz CT molecular complexity index is 586. The molecule has 1 amide bonds. The standard InChI is InChI=1S/C14H20N2O3S2/c17-14(13-2-1-9-20-13)15-10-11-5-7-16(8-6-11)21(18,19)12-3-4-12/h1-2,9,11-12H,3-8,10H2,(H,15,17). The predicted molar refractivity (Wildman–Crippen MR) is 82.9 cm³/mol. The first-order chi connectivity index (χ1) is 10.1. The number of nitrogens with zero attached hydrogens (tertiary/aromatic N) is 1. The molecule has 0 bridgehead atoms. The van der Waals surface area contributed by atoms with Crippen molar-refractivity contribution in [2.45, 2.75) is 30.9 Å². The number of nitrogens with one attached hydrogen (secondary N) is 1. The third kappa shape index (κ3) is 3.46. The van der Waals surface area contributed by atoms with Crippen LogP contribution in [0.15, 0.2) is 17.5 Å². The fraction of sp³-hybridized carbons (Fsp3) is 0.643. The molecule has 0 aromatic carbocycles. The van der Waals surface area contributed by atoms with Crippen molar-refractivity contribution in [1.29, 1.82) is 0 Å². The number of hydrogen-bond donors (Lipinski definition) is 1. The average Bonchev–Trinajstić information content (AvgIpc) is 3.22. The molecule has 0 unspecified atom stereocenters. The zero-order valence-corrected chi connectivity index (χ0v) is 13.5. The van der Waals surface area contributed by atoms with Crippen molar-refractivity contribution >= 4 is 27.3 Å². The number of sulfonamides is 1. The summed E-state index contributed by atoms with van der Waals surface area (Å²) in [5.41, 5.74) is 0. The Hall–Kier alpha value is -0.920.